The fraction of sp³-hybridized carbons (Fsp3) is 0.385. The Balaban J connectivity index is 2.34. The first-order valence-corrected chi connectivity index (χ1v) is 6.30. The largest absolute Gasteiger partial charge is 0.419 e. The average molecular weight is 266 g/mol. The first-order valence-electron chi connectivity index (χ1n) is 5.93. The highest BCUT2D eigenvalue weighted by molar-refractivity contribution is 6.30. The van der Waals surface area contributed by atoms with Crippen LogP contribution in [0.5, 0.6) is 0 Å². The lowest BCUT2D eigenvalue weighted by Crippen LogP contribution is -2.15. The van der Waals surface area contributed by atoms with Crippen LogP contribution >= 0.6 is 11.6 Å². The van der Waals surface area contributed by atoms with Crippen LogP contribution in [0.15, 0.2) is 22.6 Å². The Labute approximate surface area is 111 Å². The number of rotatable bonds is 4. The molecule has 2 aromatic rings. The molecule has 0 saturated heterocycles. The lowest BCUT2D eigenvalue weighted by molar-refractivity contribution is 0.415. The van der Waals surface area contributed by atoms with Gasteiger partial charge in [0.2, 0.25) is 11.8 Å². The lowest BCUT2D eigenvalue weighted by Gasteiger charge is -2.07. The van der Waals surface area contributed by atoms with Gasteiger partial charge in [-0.1, -0.05) is 18.5 Å². The summed E-state index contributed by atoms with van der Waals surface area (Å²) in [4.78, 5) is 0. The molecule has 0 aliphatic carbocycles. The molecule has 1 N–H and O–H groups in total. The third-order valence-corrected chi connectivity index (χ3v) is 3.15. The summed E-state index contributed by atoms with van der Waals surface area (Å²) in [5.74, 6) is 1.15. The molecule has 0 radical (unpaired) electrons. The second-order valence-corrected chi connectivity index (χ2v) is 4.59. The quantitative estimate of drug-likeness (QED) is 0.921. The summed E-state index contributed by atoms with van der Waals surface area (Å²) in [5.41, 5.74) is 1.94. The molecule has 0 bridgehead atoms. The predicted molar refractivity (Wildman–Crippen MR) is 71.6 cm³/mol. The SMILES string of the molecule is CCC(NC)c1nnc(-c2ccc(Cl)cc2C)o1. The Kier molecular flexibility index (Phi) is 3.99. The number of hydrogen-bond donors (Lipinski definition) is 1. The topological polar surface area (TPSA) is 51.0 Å². The fourth-order valence-corrected chi connectivity index (χ4v) is 2.08. The van der Waals surface area contributed by atoms with E-state index in [0.29, 0.717) is 16.8 Å². The third-order valence-electron chi connectivity index (χ3n) is 2.91. The number of halogens is 1. The zero-order valence-corrected chi connectivity index (χ0v) is 11.5. The molecule has 1 heterocycles. The molecule has 96 valence electrons. The van der Waals surface area contributed by atoms with Crippen molar-refractivity contribution in [2.24, 2.45) is 0 Å². The number of aromatic nitrogens is 2. The van der Waals surface area contributed by atoms with Crippen LogP contribution in [-0.4, -0.2) is 17.2 Å². The summed E-state index contributed by atoms with van der Waals surface area (Å²) in [5, 5.41) is 12.0. The monoisotopic (exact) mass is 265 g/mol. The fourth-order valence-electron chi connectivity index (χ4n) is 1.85. The molecule has 1 atom stereocenters. The molecule has 2 rings (SSSR count). The average Bonchev–Trinajstić information content (AvgIpc) is 2.80. The van der Waals surface area contributed by atoms with Gasteiger partial charge in [0, 0.05) is 10.6 Å². The van der Waals surface area contributed by atoms with E-state index < -0.39 is 0 Å². The highest BCUT2D eigenvalue weighted by Crippen LogP contribution is 2.26. The van der Waals surface area contributed by atoms with E-state index in [4.69, 9.17) is 16.0 Å². The normalized spacial score (nSPS) is 12.7. The summed E-state index contributed by atoms with van der Waals surface area (Å²) in [7, 11) is 1.88. The van der Waals surface area contributed by atoms with Crippen molar-refractivity contribution < 1.29 is 4.42 Å². The van der Waals surface area contributed by atoms with Crippen LogP contribution in [0.4, 0.5) is 0 Å². The summed E-state index contributed by atoms with van der Waals surface area (Å²) < 4.78 is 5.71. The Hall–Kier alpha value is -1.39. The molecule has 4 nitrogen and oxygen atoms in total. The molecule has 1 aromatic carbocycles. The Morgan fingerprint density at radius 1 is 1.39 bits per heavy atom. The van der Waals surface area contributed by atoms with Gasteiger partial charge in [-0.3, -0.25) is 0 Å². The minimum atomic E-state index is 0.0962. The summed E-state index contributed by atoms with van der Waals surface area (Å²) in [6.45, 7) is 4.04. The van der Waals surface area contributed by atoms with Gasteiger partial charge in [0.15, 0.2) is 0 Å². The first kappa shape index (κ1) is 13.1. The summed E-state index contributed by atoms with van der Waals surface area (Å²) in [6.07, 6.45) is 0.901. The number of benzene rings is 1. The zero-order chi connectivity index (χ0) is 13.1. The van der Waals surface area contributed by atoms with Gasteiger partial charge in [0.1, 0.15) is 0 Å². The zero-order valence-electron chi connectivity index (χ0n) is 10.7. The Morgan fingerprint density at radius 3 is 2.78 bits per heavy atom. The molecular formula is C13H16ClN3O. The van der Waals surface area contributed by atoms with E-state index >= 15 is 0 Å². The van der Waals surface area contributed by atoms with Gasteiger partial charge in [-0.25, -0.2) is 0 Å². The summed E-state index contributed by atoms with van der Waals surface area (Å²) >= 11 is 5.93. The van der Waals surface area contributed by atoms with Gasteiger partial charge in [-0.15, -0.1) is 10.2 Å². The molecule has 0 aliphatic heterocycles. The Morgan fingerprint density at radius 2 is 2.17 bits per heavy atom. The van der Waals surface area contributed by atoms with E-state index in [1.807, 2.05) is 32.2 Å². The van der Waals surface area contributed by atoms with Gasteiger partial charge >= 0.3 is 0 Å². The number of nitrogens with one attached hydrogen (secondary N) is 1. The highest BCUT2D eigenvalue weighted by atomic mass is 35.5. The molecule has 0 saturated carbocycles. The van der Waals surface area contributed by atoms with Crippen molar-refractivity contribution in [3.05, 3.63) is 34.7 Å². The molecule has 0 spiro atoms. The predicted octanol–water partition coefficient (Wildman–Crippen LogP) is 3.37. The van der Waals surface area contributed by atoms with Crippen molar-refractivity contribution in [2.45, 2.75) is 26.3 Å². The number of hydrogen-bond acceptors (Lipinski definition) is 4. The van der Waals surface area contributed by atoms with Crippen molar-refractivity contribution in [2.75, 3.05) is 7.05 Å². The first-order chi connectivity index (χ1) is 8.65. The van der Waals surface area contributed by atoms with Crippen molar-refractivity contribution in [3.63, 3.8) is 0 Å². The second kappa shape index (κ2) is 5.50. The molecule has 1 unspecified atom stereocenters. The highest BCUT2D eigenvalue weighted by Gasteiger charge is 2.16. The smallest absolute Gasteiger partial charge is 0.248 e. The molecule has 0 fully saturated rings. The van der Waals surface area contributed by atoms with E-state index in [2.05, 4.69) is 22.4 Å². The van der Waals surface area contributed by atoms with Crippen LogP contribution in [-0.2, 0) is 0 Å². The minimum Gasteiger partial charge on any atom is -0.419 e. The van der Waals surface area contributed by atoms with Gasteiger partial charge in [-0.05, 0) is 44.2 Å². The van der Waals surface area contributed by atoms with Crippen LogP contribution in [0, 0.1) is 6.92 Å². The van der Waals surface area contributed by atoms with Crippen LogP contribution in [0.1, 0.15) is 30.8 Å². The molecule has 1 aromatic heterocycles. The van der Waals surface area contributed by atoms with Crippen LogP contribution < -0.4 is 5.32 Å². The van der Waals surface area contributed by atoms with E-state index in [0.717, 1.165) is 17.5 Å². The van der Waals surface area contributed by atoms with Crippen molar-refractivity contribution in [1.82, 2.24) is 15.5 Å². The van der Waals surface area contributed by atoms with Gasteiger partial charge < -0.3 is 9.73 Å². The van der Waals surface area contributed by atoms with Crippen LogP contribution in [0.2, 0.25) is 5.02 Å². The minimum absolute atomic E-state index is 0.0962. The van der Waals surface area contributed by atoms with Crippen LogP contribution in [0.25, 0.3) is 11.5 Å². The van der Waals surface area contributed by atoms with Crippen molar-refractivity contribution in [3.8, 4) is 11.5 Å². The standard InChI is InChI=1S/C13H16ClN3O/c1-4-11(15-3)13-17-16-12(18-13)10-6-5-9(14)7-8(10)2/h5-7,11,15H,4H2,1-3H3. The van der Waals surface area contributed by atoms with Crippen LogP contribution in [0.3, 0.4) is 0 Å². The summed E-state index contributed by atoms with van der Waals surface area (Å²) in [6, 6.07) is 5.70. The molecule has 0 amide bonds. The molecule has 0 aliphatic rings. The third kappa shape index (κ3) is 2.54. The van der Waals surface area contributed by atoms with Gasteiger partial charge in [-0.2, -0.15) is 0 Å². The molecular weight excluding hydrogens is 250 g/mol. The van der Waals surface area contributed by atoms with Gasteiger partial charge in [0.05, 0.1) is 6.04 Å². The maximum Gasteiger partial charge on any atom is 0.248 e. The van der Waals surface area contributed by atoms with E-state index in [1.165, 1.54) is 0 Å². The number of nitrogens with zero attached hydrogens (tertiary/aromatic N) is 2. The van der Waals surface area contributed by atoms with Crippen molar-refractivity contribution >= 4 is 11.6 Å². The molecule has 5 heteroatoms. The van der Waals surface area contributed by atoms with E-state index in [-0.39, 0.29) is 6.04 Å². The van der Waals surface area contributed by atoms with Crippen molar-refractivity contribution in [1.29, 1.82) is 0 Å². The molecule has 18 heavy (non-hydrogen) atoms. The lowest BCUT2D eigenvalue weighted by atomic mass is 10.1. The van der Waals surface area contributed by atoms with E-state index in [9.17, 15) is 0 Å². The maximum atomic E-state index is 5.93. The van der Waals surface area contributed by atoms with Gasteiger partial charge in [0.25, 0.3) is 0 Å². The van der Waals surface area contributed by atoms with E-state index in [1.54, 1.807) is 0 Å². The maximum absolute atomic E-state index is 5.93. The second-order valence-electron chi connectivity index (χ2n) is 4.15. The Bertz CT molecular complexity index is 535. The number of aryl methyl sites for hydroxylation is 1.